The highest BCUT2D eigenvalue weighted by atomic mass is 19.1. The average molecular weight is 300 g/mol. The Morgan fingerprint density at radius 3 is 2.55 bits per heavy atom. The third kappa shape index (κ3) is 2.05. The molecule has 0 unspecified atom stereocenters. The summed E-state index contributed by atoms with van der Waals surface area (Å²) in [6.07, 6.45) is 5.20. The molecule has 22 heavy (non-hydrogen) atoms. The molecule has 6 nitrogen and oxygen atoms in total. The molecule has 0 radical (unpaired) electrons. The molecule has 0 bridgehead atoms. The van der Waals surface area contributed by atoms with Crippen molar-refractivity contribution >= 4 is 5.65 Å². The highest BCUT2D eigenvalue weighted by molar-refractivity contribution is 5.39. The Hall–Kier alpha value is -2.70. The number of rotatable bonds is 3. The number of benzene rings is 1. The van der Waals surface area contributed by atoms with Gasteiger partial charge in [-0.2, -0.15) is 0 Å². The second kappa shape index (κ2) is 4.66. The van der Waals surface area contributed by atoms with Gasteiger partial charge in [0.05, 0.1) is 0 Å². The van der Waals surface area contributed by atoms with Gasteiger partial charge >= 0.3 is 11.2 Å². The number of nitrogens with zero attached hydrogens (tertiary/aromatic N) is 4. The van der Waals surface area contributed by atoms with Crippen LogP contribution in [0.5, 0.6) is 0 Å². The summed E-state index contributed by atoms with van der Waals surface area (Å²) in [4.78, 5) is 24.7. The van der Waals surface area contributed by atoms with E-state index >= 15 is 0 Å². The van der Waals surface area contributed by atoms with E-state index in [1.54, 1.807) is 0 Å². The normalized spacial score (nSPS) is 14.6. The van der Waals surface area contributed by atoms with Crippen LogP contribution in [0.2, 0.25) is 0 Å². The second-order valence-electron chi connectivity index (χ2n) is 5.55. The standard InChI is InChI=1S/C15H13FN4O2/c16-11-3-5-12(6-4-11)18-7-8-19-13(14(18)21)17-20(15(19)22)9-10-1-2-10/h3-8,10H,1-2,9H2. The number of halogens is 1. The monoisotopic (exact) mass is 300 g/mol. The van der Waals surface area contributed by atoms with E-state index < -0.39 is 5.56 Å². The molecule has 0 aliphatic heterocycles. The summed E-state index contributed by atoms with van der Waals surface area (Å²) in [7, 11) is 0. The van der Waals surface area contributed by atoms with Crippen LogP contribution in [0.1, 0.15) is 12.8 Å². The predicted octanol–water partition coefficient (Wildman–Crippen LogP) is 1.20. The average Bonchev–Trinajstić information content (AvgIpc) is 3.27. The smallest absolute Gasteiger partial charge is 0.280 e. The van der Waals surface area contributed by atoms with Crippen molar-refractivity contribution in [2.75, 3.05) is 0 Å². The molecule has 112 valence electrons. The van der Waals surface area contributed by atoms with E-state index in [-0.39, 0.29) is 17.2 Å². The maximum Gasteiger partial charge on any atom is 0.350 e. The highest BCUT2D eigenvalue weighted by Crippen LogP contribution is 2.29. The summed E-state index contributed by atoms with van der Waals surface area (Å²) in [5, 5.41) is 4.16. The molecule has 1 fully saturated rings. The summed E-state index contributed by atoms with van der Waals surface area (Å²) in [5.41, 5.74) is -0.0958. The molecule has 0 N–H and O–H groups in total. The lowest BCUT2D eigenvalue weighted by Gasteiger charge is -2.04. The number of fused-ring (bicyclic) bond motifs is 1. The van der Waals surface area contributed by atoms with Gasteiger partial charge in [-0.05, 0) is 43.0 Å². The maximum absolute atomic E-state index is 13.0. The summed E-state index contributed by atoms with van der Waals surface area (Å²) >= 11 is 0. The van der Waals surface area contributed by atoms with Crippen LogP contribution >= 0.6 is 0 Å². The van der Waals surface area contributed by atoms with Crippen LogP contribution in [0, 0.1) is 11.7 Å². The largest absolute Gasteiger partial charge is 0.350 e. The molecule has 0 amide bonds. The van der Waals surface area contributed by atoms with Crippen molar-refractivity contribution in [3.8, 4) is 5.69 Å². The maximum atomic E-state index is 13.0. The van der Waals surface area contributed by atoms with Gasteiger partial charge in [0, 0.05) is 24.6 Å². The van der Waals surface area contributed by atoms with E-state index in [4.69, 9.17) is 0 Å². The van der Waals surface area contributed by atoms with Crippen molar-refractivity contribution in [1.29, 1.82) is 0 Å². The quantitative estimate of drug-likeness (QED) is 0.730. The van der Waals surface area contributed by atoms with E-state index in [0.717, 1.165) is 12.8 Å². The van der Waals surface area contributed by atoms with Gasteiger partial charge in [-0.25, -0.2) is 18.3 Å². The Labute approximate surface area is 124 Å². The summed E-state index contributed by atoms with van der Waals surface area (Å²) in [6, 6.07) is 5.58. The van der Waals surface area contributed by atoms with Gasteiger partial charge in [-0.15, -0.1) is 5.10 Å². The van der Waals surface area contributed by atoms with Crippen molar-refractivity contribution in [2.24, 2.45) is 5.92 Å². The molecule has 7 heteroatoms. The highest BCUT2D eigenvalue weighted by Gasteiger charge is 2.24. The molecule has 2 heterocycles. The molecule has 1 saturated carbocycles. The third-order valence-electron chi connectivity index (χ3n) is 3.88. The van der Waals surface area contributed by atoms with Crippen molar-refractivity contribution < 1.29 is 4.39 Å². The Balaban J connectivity index is 1.88. The summed E-state index contributed by atoms with van der Waals surface area (Å²) in [5.74, 6) is 0.116. The van der Waals surface area contributed by atoms with Gasteiger partial charge in [0.15, 0.2) is 0 Å². The van der Waals surface area contributed by atoms with Crippen molar-refractivity contribution in [2.45, 2.75) is 19.4 Å². The first-order valence-corrected chi connectivity index (χ1v) is 7.10. The molecule has 0 saturated heterocycles. The minimum absolute atomic E-state index is 0.0810. The Morgan fingerprint density at radius 2 is 1.86 bits per heavy atom. The number of aromatic nitrogens is 4. The Morgan fingerprint density at radius 1 is 1.14 bits per heavy atom. The van der Waals surface area contributed by atoms with Crippen molar-refractivity contribution in [3.63, 3.8) is 0 Å². The minimum Gasteiger partial charge on any atom is -0.280 e. The number of hydrogen-bond acceptors (Lipinski definition) is 3. The molecular formula is C15H13FN4O2. The van der Waals surface area contributed by atoms with Gasteiger partial charge in [0.1, 0.15) is 5.82 Å². The molecule has 4 rings (SSSR count). The molecule has 1 aromatic carbocycles. The fraction of sp³-hybridized carbons (Fsp3) is 0.267. The van der Waals surface area contributed by atoms with Crippen LogP contribution in [0.15, 0.2) is 46.2 Å². The first kappa shape index (κ1) is 13.0. The molecule has 3 aromatic rings. The molecule has 0 spiro atoms. The topological polar surface area (TPSA) is 61.3 Å². The van der Waals surface area contributed by atoms with E-state index in [9.17, 15) is 14.0 Å². The van der Waals surface area contributed by atoms with Gasteiger partial charge in [-0.3, -0.25) is 9.36 Å². The van der Waals surface area contributed by atoms with Crippen molar-refractivity contribution in [1.82, 2.24) is 18.7 Å². The zero-order chi connectivity index (χ0) is 15.3. The molecule has 0 atom stereocenters. The molecule has 2 aromatic heterocycles. The molecular weight excluding hydrogens is 287 g/mol. The summed E-state index contributed by atoms with van der Waals surface area (Å²) in [6.45, 7) is 0.552. The predicted molar refractivity (Wildman–Crippen MR) is 77.7 cm³/mol. The van der Waals surface area contributed by atoms with Crippen LogP contribution in [0.25, 0.3) is 11.3 Å². The van der Waals surface area contributed by atoms with E-state index in [1.807, 2.05) is 0 Å². The first-order chi connectivity index (χ1) is 10.6. The fourth-order valence-electron chi connectivity index (χ4n) is 2.48. The molecule has 1 aliphatic rings. The summed E-state index contributed by atoms with van der Waals surface area (Å²) < 4.78 is 16.9. The van der Waals surface area contributed by atoms with E-state index in [2.05, 4.69) is 5.10 Å². The van der Waals surface area contributed by atoms with E-state index in [1.165, 1.54) is 50.3 Å². The SMILES string of the molecule is O=c1c2nn(CC3CC3)c(=O)n2ccn1-c1ccc(F)cc1. The van der Waals surface area contributed by atoms with Crippen LogP contribution in [0.4, 0.5) is 4.39 Å². The Kier molecular flexibility index (Phi) is 2.75. The van der Waals surface area contributed by atoms with Gasteiger partial charge in [-0.1, -0.05) is 0 Å². The number of hydrogen-bond donors (Lipinski definition) is 0. The third-order valence-corrected chi connectivity index (χ3v) is 3.88. The second-order valence-corrected chi connectivity index (χ2v) is 5.55. The Bertz CT molecular complexity index is 964. The zero-order valence-electron chi connectivity index (χ0n) is 11.6. The fourth-order valence-corrected chi connectivity index (χ4v) is 2.48. The van der Waals surface area contributed by atoms with E-state index in [0.29, 0.717) is 18.2 Å². The van der Waals surface area contributed by atoms with Crippen LogP contribution in [0.3, 0.4) is 0 Å². The minimum atomic E-state index is -0.402. The lowest BCUT2D eigenvalue weighted by atomic mass is 10.3. The lowest BCUT2D eigenvalue weighted by Crippen LogP contribution is -2.24. The first-order valence-electron chi connectivity index (χ1n) is 7.10. The van der Waals surface area contributed by atoms with Gasteiger partial charge in [0.25, 0.3) is 0 Å². The zero-order valence-corrected chi connectivity index (χ0v) is 11.6. The van der Waals surface area contributed by atoms with Crippen molar-refractivity contribution in [3.05, 3.63) is 63.3 Å². The van der Waals surface area contributed by atoms with Crippen LogP contribution in [-0.2, 0) is 6.54 Å². The van der Waals surface area contributed by atoms with Crippen LogP contribution < -0.4 is 11.2 Å². The van der Waals surface area contributed by atoms with Crippen LogP contribution in [-0.4, -0.2) is 18.7 Å². The van der Waals surface area contributed by atoms with Gasteiger partial charge in [0.2, 0.25) is 5.65 Å². The lowest BCUT2D eigenvalue weighted by molar-refractivity contribution is 0.545. The molecule has 1 aliphatic carbocycles. The van der Waals surface area contributed by atoms with Gasteiger partial charge < -0.3 is 0 Å².